The monoisotopic (exact) mass is 309 g/mol. The van der Waals surface area contributed by atoms with Crippen molar-refractivity contribution in [2.24, 2.45) is 0 Å². The van der Waals surface area contributed by atoms with Crippen LogP contribution in [0.25, 0.3) is 0 Å². The molecule has 0 bridgehead atoms. The molecule has 0 atom stereocenters. The maximum Gasteiger partial charge on any atom is 0.534 e. The Morgan fingerprint density at radius 3 is 2.25 bits per heavy atom. The predicted molar refractivity (Wildman–Crippen MR) is 68.1 cm³/mol. The van der Waals surface area contributed by atoms with Gasteiger partial charge in [-0.05, 0) is 31.4 Å². The minimum Gasteiger partial charge on any atom is -0.374 e. The molecule has 1 fully saturated rings. The lowest BCUT2D eigenvalue weighted by Crippen LogP contribution is -2.32. The Morgan fingerprint density at radius 1 is 1.05 bits per heavy atom. The van der Waals surface area contributed by atoms with Crippen LogP contribution in [0.5, 0.6) is 5.75 Å². The summed E-state index contributed by atoms with van der Waals surface area (Å²) >= 11 is 0. The summed E-state index contributed by atoms with van der Waals surface area (Å²) in [7, 11) is -5.64. The highest BCUT2D eigenvalue weighted by molar-refractivity contribution is 7.88. The second kappa shape index (κ2) is 5.51. The van der Waals surface area contributed by atoms with E-state index in [1.165, 1.54) is 12.1 Å². The molecule has 1 aromatic carbocycles. The van der Waals surface area contributed by atoms with Crippen LogP contribution in [-0.2, 0) is 10.1 Å². The molecule has 1 aliphatic rings. The van der Waals surface area contributed by atoms with E-state index in [1.54, 1.807) is 12.1 Å². The molecule has 20 heavy (non-hydrogen) atoms. The number of alkyl halides is 3. The zero-order valence-electron chi connectivity index (χ0n) is 10.6. The molecule has 0 N–H and O–H groups in total. The van der Waals surface area contributed by atoms with Gasteiger partial charge < -0.3 is 9.08 Å². The van der Waals surface area contributed by atoms with Crippen molar-refractivity contribution in [2.75, 3.05) is 18.0 Å². The second-order valence-corrected chi connectivity index (χ2v) is 6.04. The lowest BCUT2D eigenvalue weighted by Gasteiger charge is -2.30. The number of rotatable bonds is 3. The van der Waals surface area contributed by atoms with E-state index >= 15 is 0 Å². The highest BCUT2D eigenvalue weighted by Crippen LogP contribution is 2.34. The molecular weight excluding hydrogens is 295 g/mol. The van der Waals surface area contributed by atoms with Gasteiger partial charge in [-0.3, -0.25) is 0 Å². The maximum absolute atomic E-state index is 12.4. The van der Waals surface area contributed by atoms with Crippen LogP contribution in [0.4, 0.5) is 18.9 Å². The van der Waals surface area contributed by atoms with E-state index in [1.807, 2.05) is 4.90 Å². The van der Waals surface area contributed by atoms with Gasteiger partial charge in [0.1, 0.15) is 0 Å². The first-order valence-electron chi connectivity index (χ1n) is 6.16. The molecule has 0 unspecified atom stereocenters. The van der Waals surface area contributed by atoms with Gasteiger partial charge in [-0.25, -0.2) is 0 Å². The zero-order valence-corrected chi connectivity index (χ0v) is 11.4. The van der Waals surface area contributed by atoms with Gasteiger partial charge in [0.2, 0.25) is 0 Å². The van der Waals surface area contributed by atoms with E-state index in [-0.39, 0.29) is 5.75 Å². The van der Waals surface area contributed by atoms with Crippen molar-refractivity contribution in [1.29, 1.82) is 0 Å². The summed E-state index contributed by atoms with van der Waals surface area (Å²) in [5, 5.41) is 0. The molecule has 0 radical (unpaired) electrons. The van der Waals surface area contributed by atoms with Gasteiger partial charge in [-0.2, -0.15) is 21.6 Å². The third kappa shape index (κ3) is 3.17. The van der Waals surface area contributed by atoms with Gasteiger partial charge in [-0.15, -0.1) is 0 Å². The minimum absolute atomic E-state index is 0.285. The molecule has 0 aliphatic carbocycles. The van der Waals surface area contributed by atoms with Gasteiger partial charge in [-0.1, -0.05) is 12.1 Å². The second-order valence-electron chi connectivity index (χ2n) is 4.50. The fourth-order valence-corrected chi connectivity index (χ4v) is 2.56. The van der Waals surface area contributed by atoms with Gasteiger partial charge in [0.15, 0.2) is 5.75 Å². The van der Waals surface area contributed by atoms with Crippen LogP contribution >= 0.6 is 0 Å². The quantitative estimate of drug-likeness (QED) is 0.636. The highest BCUT2D eigenvalue weighted by atomic mass is 32.2. The lowest BCUT2D eigenvalue weighted by molar-refractivity contribution is -0.0499. The summed E-state index contributed by atoms with van der Waals surface area (Å²) in [6.07, 6.45) is 2.89. The average Bonchev–Trinajstić information content (AvgIpc) is 2.38. The molecule has 1 aliphatic heterocycles. The Bertz CT molecular complexity index is 566. The van der Waals surface area contributed by atoms with Crippen LogP contribution in [0, 0.1) is 0 Å². The van der Waals surface area contributed by atoms with Crippen LogP contribution in [0.15, 0.2) is 24.3 Å². The molecule has 1 heterocycles. The summed E-state index contributed by atoms with van der Waals surface area (Å²) in [4.78, 5) is 1.84. The fourth-order valence-electron chi connectivity index (χ4n) is 2.09. The first-order chi connectivity index (χ1) is 9.31. The molecule has 2 rings (SSSR count). The third-order valence-corrected chi connectivity index (χ3v) is 4.01. The maximum atomic E-state index is 12.4. The molecule has 8 heteroatoms. The van der Waals surface area contributed by atoms with Crippen LogP contribution in [0.2, 0.25) is 0 Å². The largest absolute Gasteiger partial charge is 0.534 e. The predicted octanol–water partition coefficient (Wildman–Crippen LogP) is 2.91. The number of nitrogens with zero attached hydrogens (tertiary/aromatic N) is 1. The topological polar surface area (TPSA) is 46.6 Å². The van der Waals surface area contributed by atoms with Crippen molar-refractivity contribution in [3.63, 3.8) is 0 Å². The molecule has 1 aromatic rings. The van der Waals surface area contributed by atoms with Crippen LogP contribution in [0.1, 0.15) is 19.3 Å². The summed E-state index contributed by atoms with van der Waals surface area (Å²) in [6.45, 7) is 1.35. The molecule has 0 aromatic heterocycles. The van der Waals surface area contributed by atoms with Crippen LogP contribution in [0.3, 0.4) is 0 Å². The Labute approximate surface area is 115 Å². The molecule has 0 amide bonds. The van der Waals surface area contributed by atoms with Crippen molar-refractivity contribution in [1.82, 2.24) is 0 Å². The number of para-hydroxylation sites is 2. The van der Waals surface area contributed by atoms with E-state index in [0.717, 1.165) is 19.3 Å². The molecule has 0 spiro atoms. The van der Waals surface area contributed by atoms with Crippen LogP contribution in [-0.4, -0.2) is 27.0 Å². The van der Waals surface area contributed by atoms with Crippen molar-refractivity contribution in [3.8, 4) is 5.75 Å². The van der Waals surface area contributed by atoms with E-state index in [4.69, 9.17) is 0 Å². The first-order valence-corrected chi connectivity index (χ1v) is 7.57. The van der Waals surface area contributed by atoms with E-state index in [9.17, 15) is 21.6 Å². The van der Waals surface area contributed by atoms with Crippen molar-refractivity contribution in [2.45, 2.75) is 24.8 Å². The Kier molecular flexibility index (Phi) is 4.12. The average molecular weight is 309 g/mol. The van der Waals surface area contributed by atoms with Gasteiger partial charge in [0.05, 0.1) is 5.69 Å². The summed E-state index contributed by atoms with van der Waals surface area (Å²) in [6, 6.07) is 5.87. The number of hydrogen-bond acceptors (Lipinski definition) is 4. The molecule has 0 saturated carbocycles. The highest BCUT2D eigenvalue weighted by Gasteiger charge is 2.48. The standard InChI is InChI=1S/C12H14F3NO3S/c13-12(14,15)20(17,18)19-11-7-3-2-6-10(11)16-8-4-1-5-9-16/h2-3,6-7H,1,4-5,8-9H2. The number of hydrogen-bond donors (Lipinski definition) is 0. The summed E-state index contributed by atoms with van der Waals surface area (Å²) in [5.41, 5.74) is -5.05. The number of benzene rings is 1. The van der Waals surface area contributed by atoms with E-state index in [0.29, 0.717) is 18.8 Å². The smallest absolute Gasteiger partial charge is 0.374 e. The van der Waals surface area contributed by atoms with Crippen molar-refractivity contribution in [3.05, 3.63) is 24.3 Å². The summed E-state index contributed by atoms with van der Waals surface area (Å²) in [5.74, 6) is -0.285. The first kappa shape index (κ1) is 15.0. The van der Waals surface area contributed by atoms with Gasteiger partial charge in [0.25, 0.3) is 0 Å². The normalized spacial score (nSPS) is 17.1. The lowest BCUT2D eigenvalue weighted by atomic mass is 10.1. The zero-order chi connectivity index (χ0) is 14.8. The number of halogens is 3. The minimum atomic E-state index is -5.64. The molecule has 1 saturated heterocycles. The fraction of sp³-hybridized carbons (Fsp3) is 0.500. The van der Waals surface area contributed by atoms with Gasteiger partial charge >= 0.3 is 15.6 Å². The van der Waals surface area contributed by atoms with E-state index in [2.05, 4.69) is 4.18 Å². The number of anilines is 1. The summed E-state index contributed by atoms with van der Waals surface area (Å²) < 4.78 is 63.5. The Balaban J connectivity index is 2.29. The van der Waals surface area contributed by atoms with Crippen molar-refractivity contribution >= 4 is 15.8 Å². The van der Waals surface area contributed by atoms with Crippen molar-refractivity contribution < 1.29 is 25.8 Å². The SMILES string of the molecule is O=S(=O)(Oc1ccccc1N1CCCCC1)C(F)(F)F. The molecule has 112 valence electrons. The molecule has 4 nitrogen and oxygen atoms in total. The van der Waals surface area contributed by atoms with Gasteiger partial charge in [0, 0.05) is 13.1 Å². The Hall–Kier alpha value is -1.44. The van der Waals surface area contributed by atoms with Crippen LogP contribution < -0.4 is 9.08 Å². The third-order valence-electron chi connectivity index (χ3n) is 3.04. The van der Waals surface area contributed by atoms with E-state index < -0.39 is 15.6 Å². The Morgan fingerprint density at radius 2 is 1.65 bits per heavy atom. The molecular formula is C12H14F3NO3S. The number of piperidine rings is 1.